The third-order valence-corrected chi connectivity index (χ3v) is 11.5. The van der Waals surface area contributed by atoms with Crippen molar-refractivity contribution < 1.29 is 28.6 Å². The maximum absolute atomic E-state index is 12.7. The Kier molecular flexibility index (Phi) is 49.9. The average molecular weight is 893 g/mol. The fourth-order valence-electron chi connectivity index (χ4n) is 7.45. The Labute approximate surface area is 395 Å². The SMILES string of the molecule is CC/C=C\C/C=C\C/C=C\C/C=C\C/C=C\C/C=C\CCCCCCCCCCC(=O)OCC(COC(=O)CCCCCCC)OC(=O)CCCCCCCCCCCCCCCC. The van der Waals surface area contributed by atoms with E-state index in [1.165, 1.54) is 109 Å². The Morgan fingerprint density at radius 2 is 0.609 bits per heavy atom. The highest BCUT2D eigenvalue weighted by Gasteiger charge is 2.19. The Balaban J connectivity index is 4.10. The third-order valence-electron chi connectivity index (χ3n) is 11.5. The molecule has 0 saturated heterocycles. The van der Waals surface area contributed by atoms with Crippen LogP contribution < -0.4 is 0 Å². The first kappa shape index (κ1) is 60.9. The van der Waals surface area contributed by atoms with Crippen LogP contribution in [0.25, 0.3) is 0 Å². The van der Waals surface area contributed by atoms with Crippen LogP contribution in [-0.2, 0) is 28.6 Å². The predicted molar refractivity (Wildman–Crippen MR) is 274 cm³/mol. The molecule has 0 rings (SSSR count). The second-order valence-corrected chi connectivity index (χ2v) is 17.8. The Hall–Kier alpha value is -3.15. The van der Waals surface area contributed by atoms with Crippen LogP contribution in [-0.4, -0.2) is 37.2 Å². The predicted octanol–water partition coefficient (Wildman–Crippen LogP) is 17.8. The molecular formula is C58H100O6. The molecule has 0 aliphatic carbocycles. The highest BCUT2D eigenvalue weighted by atomic mass is 16.6. The van der Waals surface area contributed by atoms with Crippen LogP contribution in [0.3, 0.4) is 0 Å². The zero-order valence-corrected chi connectivity index (χ0v) is 42.0. The minimum atomic E-state index is -0.772. The lowest BCUT2D eigenvalue weighted by Gasteiger charge is -2.18. The van der Waals surface area contributed by atoms with Crippen molar-refractivity contribution in [3.05, 3.63) is 72.9 Å². The first-order valence-corrected chi connectivity index (χ1v) is 26.9. The second-order valence-electron chi connectivity index (χ2n) is 17.8. The lowest BCUT2D eigenvalue weighted by Crippen LogP contribution is -2.30. The van der Waals surface area contributed by atoms with E-state index in [1.807, 2.05) is 0 Å². The van der Waals surface area contributed by atoms with Gasteiger partial charge in [0.25, 0.3) is 0 Å². The molecule has 1 unspecified atom stereocenters. The lowest BCUT2D eigenvalue weighted by atomic mass is 10.0. The van der Waals surface area contributed by atoms with Gasteiger partial charge in [0.05, 0.1) is 0 Å². The molecule has 368 valence electrons. The van der Waals surface area contributed by atoms with Crippen molar-refractivity contribution in [2.24, 2.45) is 0 Å². The molecule has 6 heteroatoms. The molecule has 0 aromatic heterocycles. The Morgan fingerprint density at radius 1 is 0.328 bits per heavy atom. The molecule has 64 heavy (non-hydrogen) atoms. The van der Waals surface area contributed by atoms with Crippen LogP contribution in [0.1, 0.15) is 258 Å². The number of unbranched alkanes of at least 4 members (excludes halogenated alkanes) is 25. The molecule has 0 aliphatic rings. The molecule has 0 saturated carbocycles. The van der Waals surface area contributed by atoms with E-state index in [4.69, 9.17) is 14.2 Å². The number of ether oxygens (including phenoxy) is 3. The van der Waals surface area contributed by atoms with Gasteiger partial charge in [0.1, 0.15) is 13.2 Å². The molecule has 0 radical (unpaired) electrons. The van der Waals surface area contributed by atoms with Crippen molar-refractivity contribution in [1.29, 1.82) is 0 Å². The Bertz CT molecular complexity index is 1210. The number of carbonyl (C=O) groups is 3. The molecule has 0 heterocycles. The highest BCUT2D eigenvalue weighted by Crippen LogP contribution is 2.15. The molecule has 0 spiro atoms. The zero-order valence-electron chi connectivity index (χ0n) is 42.0. The van der Waals surface area contributed by atoms with E-state index in [2.05, 4.69) is 93.7 Å². The van der Waals surface area contributed by atoms with Gasteiger partial charge in [0.2, 0.25) is 0 Å². The fraction of sp³-hybridized carbons (Fsp3) is 0.741. The van der Waals surface area contributed by atoms with Crippen molar-refractivity contribution in [3.8, 4) is 0 Å². The molecule has 0 bridgehead atoms. The van der Waals surface area contributed by atoms with Crippen LogP contribution in [0.15, 0.2) is 72.9 Å². The summed E-state index contributed by atoms with van der Waals surface area (Å²) < 4.78 is 16.7. The van der Waals surface area contributed by atoms with Gasteiger partial charge in [0, 0.05) is 19.3 Å². The molecule has 0 aromatic rings. The quantitative estimate of drug-likeness (QED) is 0.0262. The van der Waals surface area contributed by atoms with E-state index in [0.717, 1.165) is 109 Å². The minimum Gasteiger partial charge on any atom is -0.462 e. The summed E-state index contributed by atoms with van der Waals surface area (Å²) in [6.07, 6.45) is 66.4. The molecular weight excluding hydrogens is 793 g/mol. The van der Waals surface area contributed by atoms with E-state index in [0.29, 0.717) is 19.3 Å². The molecule has 0 aromatic carbocycles. The number of esters is 3. The number of carbonyl (C=O) groups excluding carboxylic acids is 3. The summed E-state index contributed by atoms with van der Waals surface area (Å²) in [5.74, 6) is -0.894. The summed E-state index contributed by atoms with van der Waals surface area (Å²) in [5, 5.41) is 0. The number of hydrogen-bond acceptors (Lipinski definition) is 6. The van der Waals surface area contributed by atoms with Crippen LogP contribution in [0.2, 0.25) is 0 Å². The Morgan fingerprint density at radius 3 is 0.953 bits per heavy atom. The van der Waals surface area contributed by atoms with Crippen molar-refractivity contribution in [2.75, 3.05) is 13.2 Å². The number of allylic oxidation sites excluding steroid dienone is 12. The van der Waals surface area contributed by atoms with Gasteiger partial charge in [-0.3, -0.25) is 14.4 Å². The van der Waals surface area contributed by atoms with Crippen molar-refractivity contribution in [3.63, 3.8) is 0 Å². The average Bonchev–Trinajstić information content (AvgIpc) is 3.29. The summed E-state index contributed by atoms with van der Waals surface area (Å²) >= 11 is 0. The van der Waals surface area contributed by atoms with Gasteiger partial charge >= 0.3 is 17.9 Å². The molecule has 0 aliphatic heterocycles. The monoisotopic (exact) mass is 893 g/mol. The smallest absolute Gasteiger partial charge is 0.306 e. The number of hydrogen-bond donors (Lipinski definition) is 0. The second kappa shape index (κ2) is 52.5. The maximum Gasteiger partial charge on any atom is 0.306 e. The summed E-state index contributed by atoms with van der Waals surface area (Å²) in [6.45, 7) is 6.44. The van der Waals surface area contributed by atoms with Crippen LogP contribution >= 0.6 is 0 Å². The summed E-state index contributed by atoms with van der Waals surface area (Å²) in [7, 11) is 0. The van der Waals surface area contributed by atoms with E-state index >= 15 is 0 Å². The summed E-state index contributed by atoms with van der Waals surface area (Å²) in [6, 6.07) is 0. The standard InChI is InChI=1S/C58H100O6/c1-4-7-10-13-15-17-19-21-23-24-25-26-27-28-29-30-31-32-33-34-35-37-38-40-42-45-48-51-57(60)63-54-55(53-62-56(59)50-47-44-12-9-6-3)64-58(61)52-49-46-43-41-39-36-22-20-18-16-14-11-8-5-2/h7,10,15,17,21,23,25-26,28-29,31-32,55H,4-6,8-9,11-14,16,18-20,22,24,27,30,33-54H2,1-3H3/b10-7-,17-15-,23-21-,26-25-,29-28-,32-31-. The van der Waals surface area contributed by atoms with Gasteiger partial charge < -0.3 is 14.2 Å². The first-order chi connectivity index (χ1) is 31.5. The first-order valence-electron chi connectivity index (χ1n) is 26.9. The van der Waals surface area contributed by atoms with E-state index in [-0.39, 0.29) is 31.1 Å². The van der Waals surface area contributed by atoms with Crippen LogP contribution in [0, 0.1) is 0 Å². The highest BCUT2D eigenvalue weighted by molar-refractivity contribution is 5.71. The minimum absolute atomic E-state index is 0.0764. The van der Waals surface area contributed by atoms with Crippen molar-refractivity contribution in [2.45, 2.75) is 264 Å². The van der Waals surface area contributed by atoms with Gasteiger partial charge in [-0.15, -0.1) is 0 Å². The van der Waals surface area contributed by atoms with Crippen LogP contribution in [0.4, 0.5) is 0 Å². The largest absolute Gasteiger partial charge is 0.462 e. The van der Waals surface area contributed by atoms with Gasteiger partial charge in [-0.25, -0.2) is 0 Å². The van der Waals surface area contributed by atoms with Crippen LogP contribution in [0.5, 0.6) is 0 Å². The van der Waals surface area contributed by atoms with E-state index < -0.39 is 6.10 Å². The molecule has 1 atom stereocenters. The molecule has 0 fully saturated rings. The van der Waals surface area contributed by atoms with Gasteiger partial charge in [-0.1, -0.05) is 241 Å². The van der Waals surface area contributed by atoms with Gasteiger partial charge in [-0.2, -0.15) is 0 Å². The topological polar surface area (TPSA) is 78.9 Å². The van der Waals surface area contributed by atoms with Crippen molar-refractivity contribution in [1.82, 2.24) is 0 Å². The molecule has 6 nitrogen and oxygen atoms in total. The molecule has 0 amide bonds. The van der Waals surface area contributed by atoms with Crippen molar-refractivity contribution >= 4 is 17.9 Å². The lowest BCUT2D eigenvalue weighted by molar-refractivity contribution is -0.167. The zero-order chi connectivity index (χ0) is 46.5. The van der Waals surface area contributed by atoms with Gasteiger partial charge in [-0.05, 0) is 70.6 Å². The van der Waals surface area contributed by atoms with Gasteiger partial charge in [0.15, 0.2) is 6.10 Å². The normalized spacial score (nSPS) is 12.6. The van der Waals surface area contributed by atoms with E-state index in [1.54, 1.807) is 0 Å². The maximum atomic E-state index is 12.7. The fourth-order valence-corrected chi connectivity index (χ4v) is 7.45. The molecule has 0 N–H and O–H groups in total. The summed E-state index contributed by atoms with van der Waals surface area (Å²) in [5.41, 5.74) is 0. The number of rotatable bonds is 48. The summed E-state index contributed by atoms with van der Waals surface area (Å²) in [4.78, 5) is 37.7. The third kappa shape index (κ3) is 49.9. The van der Waals surface area contributed by atoms with E-state index in [9.17, 15) is 14.4 Å².